The Balaban J connectivity index is 1.65. The van der Waals surface area contributed by atoms with Gasteiger partial charge in [-0.3, -0.25) is 4.79 Å². The maximum Gasteiger partial charge on any atom is 0.271 e. The minimum absolute atomic E-state index is 0.140. The molecule has 0 aliphatic carbocycles. The Hall–Kier alpha value is -2.99. The van der Waals surface area contributed by atoms with Gasteiger partial charge in [-0.15, -0.1) is 11.3 Å². The van der Waals surface area contributed by atoms with E-state index in [4.69, 9.17) is 0 Å². The van der Waals surface area contributed by atoms with Crippen LogP contribution in [0.5, 0.6) is 0 Å². The number of rotatable bonds is 8. The van der Waals surface area contributed by atoms with Gasteiger partial charge in [-0.1, -0.05) is 36.4 Å². The molecule has 0 fully saturated rings. The van der Waals surface area contributed by atoms with Gasteiger partial charge in [-0.25, -0.2) is 9.98 Å². The number of amides is 1. The van der Waals surface area contributed by atoms with Crippen molar-refractivity contribution in [2.75, 3.05) is 13.6 Å². The molecule has 0 atom stereocenters. The van der Waals surface area contributed by atoms with Crippen molar-refractivity contribution in [1.29, 1.82) is 0 Å². The van der Waals surface area contributed by atoms with Gasteiger partial charge >= 0.3 is 0 Å². The van der Waals surface area contributed by atoms with Gasteiger partial charge < -0.3 is 10.2 Å². The van der Waals surface area contributed by atoms with Crippen molar-refractivity contribution in [3.63, 3.8) is 0 Å². The van der Waals surface area contributed by atoms with E-state index in [9.17, 15) is 4.79 Å². The highest BCUT2D eigenvalue weighted by Crippen LogP contribution is 2.26. The van der Waals surface area contributed by atoms with Crippen molar-refractivity contribution in [3.05, 3.63) is 80.8 Å². The van der Waals surface area contributed by atoms with Crippen LogP contribution in [0.1, 0.15) is 44.7 Å². The average Bonchev–Trinajstić information content (AvgIpc) is 3.22. The van der Waals surface area contributed by atoms with Crippen LogP contribution in [0.25, 0.3) is 0 Å². The third kappa shape index (κ3) is 5.76. The number of aromatic nitrogens is 1. The highest BCUT2D eigenvalue weighted by Gasteiger charge is 2.12. The molecular formula is C24H28N4OS. The van der Waals surface area contributed by atoms with Crippen LogP contribution in [0, 0.1) is 13.8 Å². The maximum atomic E-state index is 12.4. The van der Waals surface area contributed by atoms with Gasteiger partial charge in [0.2, 0.25) is 0 Å². The molecule has 156 valence electrons. The van der Waals surface area contributed by atoms with E-state index in [2.05, 4.69) is 48.2 Å². The lowest BCUT2D eigenvalue weighted by Crippen LogP contribution is -2.23. The second-order valence-electron chi connectivity index (χ2n) is 7.35. The van der Waals surface area contributed by atoms with Crippen LogP contribution in [0.2, 0.25) is 0 Å². The summed E-state index contributed by atoms with van der Waals surface area (Å²) in [4.78, 5) is 23.6. The van der Waals surface area contributed by atoms with E-state index >= 15 is 0 Å². The molecule has 1 amide bonds. The van der Waals surface area contributed by atoms with Crippen molar-refractivity contribution in [2.45, 2.75) is 33.7 Å². The van der Waals surface area contributed by atoms with E-state index in [1.165, 1.54) is 22.5 Å². The second-order valence-corrected chi connectivity index (χ2v) is 8.30. The first kappa shape index (κ1) is 21.7. The third-order valence-electron chi connectivity index (χ3n) is 4.97. The summed E-state index contributed by atoms with van der Waals surface area (Å²) >= 11 is 1.52. The van der Waals surface area contributed by atoms with Gasteiger partial charge in [0.1, 0.15) is 5.69 Å². The lowest BCUT2D eigenvalue weighted by molar-refractivity contribution is 0.0946. The van der Waals surface area contributed by atoms with Crippen LogP contribution < -0.4 is 5.32 Å². The lowest BCUT2D eigenvalue weighted by atomic mass is 10.0. The van der Waals surface area contributed by atoms with Gasteiger partial charge in [0.05, 0.1) is 17.0 Å². The Bertz CT molecular complexity index is 1030. The van der Waals surface area contributed by atoms with Gasteiger partial charge in [0, 0.05) is 31.9 Å². The SMILES string of the molecule is CCN(C)/C=N/c1cc(C)c(Cc2nc(C(=O)NCc3ccccc3)cs2)cc1C. The molecule has 30 heavy (non-hydrogen) atoms. The number of hydrogen-bond donors (Lipinski definition) is 1. The summed E-state index contributed by atoms with van der Waals surface area (Å²) in [6, 6.07) is 14.2. The summed E-state index contributed by atoms with van der Waals surface area (Å²) < 4.78 is 0. The minimum atomic E-state index is -0.140. The number of benzene rings is 2. The highest BCUT2D eigenvalue weighted by atomic mass is 32.1. The number of nitrogens with one attached hydrogen (secondary N) is 1. The molecule has 5 nitrogen and oxygen atoms in total. The van der Waals surface area contributed by atoms with Gasteiger partial charge in [-0.2, -0.15) is 0 Å². The molecule has 0 saturated carbocycles. The predicted octanol–water partition coefficient (Wildman–Crippen LogP) is 4.89. The number of thiazole rings is 1. The van der Waals surface area contributed by atoms with Crippen LogP contribution in [0.15, 0.2) is 52.8 Å². The molecule has 0 unspecified atom stereocenters. The molecule has 2 aromatic carbocycles. The Morgan fingerprint density at radius 2 is 1.97 bits per heavy atom. The molecule has 1 aromatic heterocycles. The third-order valence-corrected chi connectivity index (χ3v) is 5.82. The molecule has 0 aliphatic heterocycles. The largest absolute Gasteiger partial charge is 0.366 e. The monoisotopic (exact) mass is 420 g/mol. The first-order valence-electron chi connectivity index (χ1n) is 10.1. The van der Waals surface area contributed by atoms with Gasteiger partial charge in [0.25, 0.3) is 5.91 Å². The van der Waals surface area contributed by atoms with E-state index in [0.29, 0.717) is 18.7 Å². The lowest BCUT2D eigenvalue weighted by Gasteiger charge is -2.11. The zero-order valence-corrected chi connectivity index (χ0v) is 18.8. The highest BCUT2D eigenvalue weighted by molar-refractivity contribution is 7.09. The zero-order valence-electron chi connectivity index (χ0n) is 18.0. The number of aryl methyl sites for hydroxylation is 2. The summed E-state index contributed by atoms with van der Waals surface area (Å²) in [5, 5.41) is 5.70. The molecule has 0 saturated heterocycles. The van der Waals surface area contributed by atoms with E-state index in [1.54, 1.807) is 0 Å². The van der Waals surface area contributed by atoms with Crippen LogP contribution in [0.3, 0.4) is 0 Å². The zero-order chi connectivity index (χ0) is 21.5. The number of hydrogen-bond acceptors (Lipinski definition) is 4. The number of aliphatic imine (C=N–C) groups is 1. The summed E-state index contributed by atoms with van der Waals surface area (Å²) in [7, 11) is 2.01. The van der Waals surface area contributed by atoms with E-state index in [-0.39, 0.29) is 5.91 Å². The topological polar surface area (TPSA) is 57.6 Å². The summed E-state index contributed by atoms with van der Waals surface area (Å²) in [6.07, 6.45) is 2.57. The van der Waals surface area contributed by atoms with Gasteiger partial charge in [0.15, 0.2) is 0 Å². The minimum Gasteiger partial charge on any atom is -0.366 e. The maximum absolute atomic E-state index is 12.4. The molecule has 0 radical (unpaired) electrons. The molecule has 1 heterocycles. The molecule has 3 aromatic rings. The van der Waals surface area contributed by atoms with Crippen LogP contribution in [0.4, 0.5) is 5.69 Å². The molecule has 0 aliphatic rings. The van der Waals surface area contributed by atoms with Crippen molar-refractivity contribution >= 4 is 29.3 Å². The molecule has 6 heteroatoms. The fourth-order valence-corrected chi connectivity index (χ4v) is 3.76. The summed E-state index contributed by atoms with van der Waals surface area (Å²) in [6.45, 7) is 7.69. The second kappa shape index (κ2) is 10.2. The van der Waals surface area contributed by atoms with Crippen LogP contribution in [-0.2, 0) is 13.0 Å². The quantitative estimate of drug-likeness (QED) is 0.417. The Morgan fingerprint density at radius 1 is 1.20 bits per heavy atom. The summed E-state index contributed by atoms with van der Waals surface area (Å²) in [5.41, 5.74) is 6.05. The Kier molecular flexibility index (Phi) is 7.36. The van der Waals surface area contributed by atoms with Crippen molar-refractivity contribution in [1.82, 2.24) is 15.2 Å². The predicted molar refractivity (Wildman–Crippen MR) is 125 cm³/mol. The molecular weight excluding hydrogens is 392 g/mol. The van der Waals surface area contributed by atoms with Crippen LogP contribution in [-0.4, -0.2) is 35.7 Å². The van der Waals surface area contributed by atoms with Gasteiger partial charge in [-0.05, 0) is 49.1 Å². The Labute approximate surface area is 182 Å². The Morgan fingerprint density at radius 3 is 2.70 bits per heavy atom. The van der Waals surface area contributed by atoms with Crippen molar-refractivity contribution in [2.24, 2.45) is 4.99 Å². The number of carbonyl (C=O) groups excluding carboxylic acids is 1. The van der Waals surface area contributed by atoms with E-state index in [1.807, 2.05) is 54.0 Å². The number of nitrogens with zero attached hydrogens (tertiary/aromatic N) is 3. The van der Waals surface area contributed by atoms with E-state index < -0.39 is 0 Å². The molecule has 1 N–H and O–H groups in total. The first-order chi connectivity index (χ1) is 14.5. The smallest absolute Gasteiger partial charge is 0.271 e. The standard InChI is InChI=1S/C24H28N4OS/c1-5-28(4)16-26-21-12-17(2)20(11-18(21)3)13-23-27-22(15-30-23)24(29)25-14-19-9-7-6-8-10-19/h6-12,15-16H,5,13-14H2,1-4H3,(H,25,29)/b26-16+. The fourth-order valence-electron chi connectivity index (χ4n) is 2.96. The first-order valence-corrected chi connectivity index (χ1v) is 10.9. The van der Waals surface area contributed by atoms with Crippen molar-refractivity contribution in [3.8, 4) is 0 Å². The molecule has 0 spiro atoms. The molecule has 3 rings (SSSR count). The normalized spacial score (nSPS) is 11.1. The van der Waals surface area contributed by atoms with Crippen LogP contribution >= 0.6 is 11.3 Å². The number of carbonyl (C=O) groups is 1. The fraction of sp³-hybridized carbons (Fsp3) is 0.292. The summed E-state index contributed by atoms with van der Waals surface area (Å²) in [5.74, 6) is -0.140. The van der Waals surface area contributed by atoms with E-state index in [0.717, 1.165) is 28.4 Å². The average molecular weight is 421 g/mol. The molecule has 0 bridgehead atoms. The van der Waals surface area contributed by atoms with Crippen molar-refractivity contribution < 1.29 is 4.79 Å².